The molecule has 0 unspecified atom stereocenters. The summed E-state index contributed by atoms with van der Waals surface area (Å²) in [5.41, 5.74) is 0. The maximum Gasteiger partial charge on any atom is 2.00 e. The fraction of sp³-hybridized carbons (Fsp3) is 0.231. The first kappa shape index (κ1) is 19.8. The first-order chi connectivity index (χ1) is 8.67. The molecule has 0 saturated carbocycles. The van der Waals surface area contributed by atoms with Gasteiger partial charge in [-0.1, -0.05) is 19.8 Å². The van der Waals surface area contributed by atoms with Crippen molar-refractivity contribution in [3.63, 3.8) is 0 Å². The van der Waals surface area contributed by atoms with E-state index in [1.807, 2.05) is 49.1 Å². The predicted octanol–water partition coefficient (Wildman–Crippen LogP) is 6.28. The Bertz CT molecular complexity index is 422. The van der Waals surface area contributed by atoms with E-state index < -0.39 is 0 Å². The van der Waals surface area contributed by atoms with Crippen molar-refractivity contribution in [3.8, 4) is 0 Å². The second kappa shape index (κ2) is 10.6. The van der Waals surface area contributed by atoms with Crippen molar-refractivity contribution in [2.24, 2.45) is 0 Å². The van der Waals surface area contributed by atoms with Gasteiger partial charge in [0, 0.05) is 0 Å². The van der Waals surface area contributed by atoms with Crippen molar-refractivity contribution in [1.82, 2.24) is 0 Å². The van der Waals surface area contributed by atoms with Crippen LogP contribution < -0.4 is 0 Å². The minimum absolute atomic E-state index is 0. The van der Waals surface area contributed by atoms with Gasteiger partial charge in [0.1, 0.15) is 0 Å². The van der Waals surface area contributed by atoms with Gasteiger partial charge in [-0.3, -0.25) is 0 Å². The van der Waals surface area contributed by atoms with Crippen molar-refractivity contribution in [3.05, 3.63) is 40.4 Å². The number of rotatable bonds is 3. The zero-order valence-corrected chi connectivity index (χ0v) is 15.8. The number of hydrogen-bond donors (Lipinski definition) is 0. The molecule has 0 nitrogen and oxygen atoms in total. The third kappa shape index (κ3) is 5.28. The summed E-state index contributed by atoms with van der Waals surface area (Å²) < 4.78 is 0. The van der Waals surface area contributed by atoms with Crippen molar-refractivity contribution < 1.29 is 17.1 Å². The van der Waals surface area contributed by atoms with Gasteiger partial charge >= 0.3 is 17.1 Å². The third-order valence-corrected chi connectivity index (χ3v) is 5.95. The Morgan fingerprint density at radius 1 is 1.05 bits per heavy atom. The van der Waals surface area contributed by atoms with E-state index in [1.165, 1.54) is 0 Å². The fourth-order valence-corrected chi connectivity index (χ4v) is 5.16. The average Bonchev–Trinajstić information content (AvgIpc) is 3.00. The largest absolute Gasteiger partial charge is 2.00 e. The molecule has 0 aliphatic heterocycles. The SMILES string of the molecule is CSc1c(Cl)c(SC)[c-](SC)c1Cl.[Fe+2].c1cc[cH-]c1. The van der Waals surface area contributed by atoms with Crippen LogP contribution in [0.4, 0.5) is 0 Å². The van der Waals surface area contributed by atoms with Crippen LogP contribution >= 0.6 is 58.5 Å². The summed E-state index contributed by atoms with van der Waals surface area (Å²) >= 11 is 17.2. The van der Waals surface area contributed by atoms with Crippen LogP contribution in [0.25, 0.3) is 0 Å². The molecule has 0 radical (unpaired) electrons. The summed E-state index contributed by atoms with van der Waals surface area (Å²) in [7, 11) is 0. The second-order valence-corrected chi connectivity index (χ2v) is 6.40. The van der Waals surface area contributed by atoms with Crippen LogP contribution in [0.5, 0.6) is 0 Å². The topological polar surface area (TPSA) is 0 Å². The van der Waals surface area contributed by atoms with Crippen LogP contribution in [0.3, 0.4) is 0 Å². The molecule has 0 aliphatic carbocycles. The van der Waals surface area contributed by atoms with Crippen molar-refractivity contribution in [2.75, 3.05) is 18.8 Å². The standard InChI is InChI=1S/C8H9Cl2S3.C5H5.Fe/c1-11-6-4(9)7(12-2)8(13-3)5(6)10;1-2-4-5-3-1;/h1-3H3;1-5H;/q2*-1;+2. The quantitative estimate of drug-likeness (QED) is 0.342. The van der Waals surface area contributed by atoms with E-state index in [0.29, 0.717) is 0 Å². The van der Waals surface area contributed by atoms with E-state index in [9.17, 15) is 0 Å². The smallest absolute Gasteiger partial charge is 0.214 e. The van der Waals surface area contributed by atoms with Gasteiger partial charge in [0.2, 0.25) is 0 Å². The van der Waals surface area contributed by atoms with E-state index in [2.05, 4.69) is 0 Å². The van der Waals surface area contributed by atoms with Crippen molar-refractivity contribution in [1.29, 1.82) is 0 Å². The fourth-order valence-electron chi connectivity index (χ4n) is 1.37. The van der Waals surface area contributed by atoms with Crippen LogP contribution in [0.1, 0.15) is 0 Å². The Labute approximate surface area is 148 Å². The van der Waals surface area contributed by atoms with Gasteiger partial charge in [0.15, 0.2) is 0 Å². The van der Waals surface area contributed by atoms with E-state index in [1.54, 1.807) is 35.3 Å². The molecule has 2 rings (SSSR count). The molecule has 2 aromatic carbocycles. The Morgan fingerprint density at radius 3 is 1.89 bits per heavy atom. The molecule has 0 aliphatic rings. The van der Waals surface area contributed by atoms with Crippen LogP contribution in [-0.2, 0) is 17.1 Å². The molecular formula is C13H14Cl2FeS3. The molecule has 0 atom stereocenters. The van der Waals surface area contributed by atoms with Gasteiger partial charge in [-0.15, -0.1) is 16.5 Å². The molecule has 0 heterocycles. The molecular weight excluding hydrogens is 379 g/mol. The Balaban J connectivity index is 0.000000454. The molecule has 0 N–H and O–H groups in total. The van der Waals surface area contributed by atoms with E-state index >= 15 is 0 Å². The second-order valence-electron chi connectivity index (χ2n) is 3.19. The maximum atomic E-state index is 6.17. The zero-order valence-electron chi connectivity index (χ0n) is 10.7. The van der Waals surface area contributed by atoms with Gasteiger partial charge in [-0.05, 0) is 18.8 Å². The van der Waals surface area contributed by atoms with E-state index in [0.717, 1.165) is 24.7 Å². The minimum Gasteiger partial charge on any atom is -0.214 e. The van der Waals surface area contributed by atoms with Crippen LogP contribution in [0.2, 0.25) is 10.0 Å². The van der Waals surface area contributed by atoms with Crippen molar-refractivity contribution in [2.45, 2.75) is 14.7 Å². The summed E-state index contributed by atoms with van der Waals surface area (Å²) in [6, 6.07) is 10.0. The third-order valence-electron chi connectivity index (χ3n) is 2.17. The Kier molecular flexibility index (Phi) is 11.0. The van der Waals surface area contributed by atoms with Gasteiger partial charge in [-0.2, -0.15) is 53.3 Å². The summed E-state index contributed by atoms with van der Waals surface area (Å²) in [6.07, 6.45) is 6.02. The molecule has 0 fully saturated rings. The Morgan fingerprint density at radius 2 is 1.63 bits per heavy atom. The molecule has 0 aromatic heterocycles. The summed E-state index contributed by atoms with van der Waals surface area (Å²) in [5.74, 6) is 0. The molecule has 0 amide bonds. The molecule has 106 valence electrons. The number of thioether (sulfide) groups is 3. The summed E-state index contributed by atoms with van der Waals surface area (Å²) in [5, 5.41) is 1.60. The average molecular weight is 393 g/mol. The van der Waals surface area contributed by atoms with E-state index in [4.69, 9.17) is 23.2 Å². The first-order valence-corrected chi connectivity index (χ1v) is 9.56. The summed E-state index contributed by atoms with van der Waals surface area (Å²) in [6.45, 7) is 0. The number of halogens is 2. The first-order valence-electron chi connectivity index (χ1n) is 5.13. The predicted molar refractivity (Wildman–Crippen MR) is 89.4 cm³/mol. The van der Waals surface area contributed by atoms with Gasteiger partial charge < -0.3 is 0 Å². The molecule has 2 aromatic rings. The van der Waals surface area contributed by atoms with Gasteiger partial charge in [0.05, 0.1) is 0 Å². The van der Waals surface area contributed by atoms with Crippen molar-refractivity contribution >= 4 is 58.5 Å². The zero-order chi connectivity index (χ0) is 13.5. The van der Waals surface area contributed by atoms with Crippen LogP contribution in [0, 0.1) is 0 Å². The van der Waals surface area contributed by atoms with Gasteiger partial charge in [-0.25, -0.2) is 23.9 Å². The maximum absolute atomic E-state index is 6.17. The normalized spacial score (nSPS) is 9.53. The molecule has 19 heavy (non-hydrogen) atoms. The summed E-state index contributed by atoms with van der Waals surface area (Å²) in [4.78, 5) is 3.20. The molecule has 6 heteroatoms. The van der Waals surface area contributed by atoms with E-state index in [-0.39, 0.29) is 17.1 Å². The molecule has 0 saturated heterocycles. The Hall–Kier alpha value is 0.849. The monoisotopic (exact) mass is 392 g/mol. The molecule has 0 bridgehead atoms. The minimum atomic E-state index is 0. The van der Waals surface area contributed by atoms with Crippen LogP contribution in [-0.4, -0.2) is 18.8 Å². The molecule has 0 spiro atoms. The van der Waals surface area contributed by atoms with Crippen LogP contribution in [0.15, 0.2) is 45.0 Å². The van der Waals surface area contributed by atoms with Gasteiger partial charge in [0.25, 0.3) is 0 Å². The number of hydrogen-bond acceptors (Lipinski definition) is 3.